The summed E-state index contributed by atoms with van der Waals surface area (Å²) >= 11 is 0. The Morgan fingerprint density at radius 2 is 1.62 bits per heavy atom. The largest absolute Gasteiger partial charge is 0.357 e. The summed E-state index contributed by atoms with van der Waals surface area (Å²) in [5.74, 6) is -1.00. The van der Waals surface area contributed by atoms with Crippen LogP contribution in [0.4, 0.5) is 10.1 Å². The molecule has 0 aliphatic heterocycles. The van der Waals surface area contributed by atoms with Crippen molar-refractivity contribution < 1.29 is 22.4 Å². The standard InChI is InChI=1S/C30H36FN3O4S/c1-22-12-13-23(2)27(19-22)34(39(4,37)38)18-8-11-29(35)33(21-25-14-16-26(31)17-15-25)28(30(36)32-3)20-24-9-6-5-7-10-24/h5-7,9-10,12-17,19,28H,8,11,18,20-21H2,1-4H3,(H,32,36)/t28-/m0/s1. The first-order chi connectivity index (χ1) is 18.5. The van der Waals surface area contributed by atoms with E-state index in [-0.39, 0.29) is 37.7 Å². The van der Waals surface area contributed by atoms with E-state index in [1.807, 2.05) is 62.4 Å². The molecular weight excluding hydrogens is 517 g/mol. The highest BCUT2D eigenvalue weighted by Crippen LogP contribution is 2.25. The number of likely N-dealkylation sites (N-methyl/N-ethyl adjacent to an activating group) is 1. The number of carbonyl (C=O) groups is 2. The van der Waals surface area contributed by atoms with Crippen molar-refractivity contribution in [3.05, 3.63) is 101 Å². The van der Waals surface area contributed by atoms with E-state index in [9.17, 15) is 22.4 Å². The van der Waals surface area contributed by atoms with Crippen LogP contribution in [0.15, 0.2) is 72.8 Å². The van der Waals surface area contributed by atoms with Crippen LogP contribution in [0.25, 0.3) is 0 Å². The SMILES string of the molecule is CNC(=O)[C@H](Cc1ccccc1)N(Cc1ccc(F)cc1)C(=O)CCCN(c1cc(C)ccc1C)S(C)(=O)=O. The van der Waals surface area contributed by atoms with Gasteiger partial charge in [0.25, 0.3) is 0 Å². The second-order valence-corrected chi connectivity index (χ2v) is 11.6. The molecule has 0 spiro atoms. The summed E-state index contributed by atoms with van der Waals surface area (Å²) in [6.45, 7) is 3.96. The Hall–Kier alpha value is -3.72. The first-order valence-electron chi connectivity index (χ1n) is 12.8. The van der Waals surface area contributed by atoms with Gasteiger partial charge in [-0.15, -0.1) is 0 Å². The lowest BCUT2D eigenvalue weighted by atomic mass is 10.0. The quantitative estimate of drug-likeness (QED) is 0.361. The molecule has 9 heteroatoms. The topological polar surface area (TPSA) is 86.8 Å². The smallest absolute Gasteiger partial charge is 0.242 e. The van der Waals surface area contributed by atoms with Gasteiger partial charge in [0, 0.05) is 33.0 Å². The molecule has 3 rings (SSSR count). The Bertz CT molecular complexity index is 1380. The fraction of sp³-hybridized carbons (Fsp3) is 0.333. The Morgan fingerprint density at radius 3 is 2.23 bits per heavy atom. The molecule has 3 aromatic rings. The third kappa shape index (κ3) is 8.38. The number of hydrogen-bond acceptors (Lipinski definition) is 4. The number of aryl methyl sites for hydroxylation is 2. The molecule has 0 saturated heterocycles. The fourth-order valence-corrected chi connectivity index (χ4v) is 5.49. The highest BCUT2D eigenvalue weighted by Gasteiger charge is 2.30. The minimum absolute atomic E-state index is 0.0281. The van der Waals surface area contributed by atoms with Gasteiger partial charge in [-0.3, -0.25) is 13.9 Å². The summed E-state index contributed by atoms with van der Waals surface area (Å²) in [5, 5.41) is 2.66. The highest BCUT2D eigenvalue weighted by atomic mass is 32.2. The zero-order chi connectivity index (χ0) is 28.6. The maximum absolute atomic E-state index is 13.7. The first kappa shape index (κ1) is 29.8. The summed E-state index contributed by atoms with van der Waals surface area (Å²) in [6.07, 6.45) is 1.73. The summed E-state index contributed by atoms with van der Waals surface area (Å²) in [5.41, 5.74) is 3.90. The van der Waals surface area contributed by atoms with Gasteiger partial charge in [-0.05, 0) is 60.7 Å². The maximum Gasteiger partial charge on any atom is 0.242 e. The molecule has 39 heavy (non-hydrogen) atoms. The molecule has 0 unspecified atom stereocenters. The molecule has 2 amide bonds. The molecule has 0 radical (unpaired) electrons. The predicted octanol–water partition coefficient (Wildman–Crippen LogP) is 4.37. The van der Waals surface area contributed by atoms with E-state index in [1.54, 1.807) is 12.1 Å². The molecule has 0 bridgehead atoms. The summed E-state index contributed by atoms with van der Waals surface area (Å²) < 4.78 is 40.2. The second kappa shape index (κ2) is 13.4. The van der Waals surface area contributed by atoms with Gasteiger partial charge in [-0.1, -0.05) is 54.6 Å². The van der Waals surface area contributed by atoms with Crippen LogP contribution in [0.1, 0.15) is 35.1 Å². The zero-order valence-corrected chi connectivity index (χ0v) is 23.7. The molecule has 0 heterocycles. The summed E-state index contributed by atoms with van der Waals surface area (Å²) in [6, 6.07) is 20.0. The number of nitrogens with one attached hydrogen (secondary N) is 1. The Balaban J connectivity index is 1.86. The Morgan fingerprint density at radius 1 is 0.949 bits per heavy atom. The van der Waals surface area contributed by atoms with E-state index in [4.69, 9.17) is 0 Å². The van der Waals surface area contributed by atoms with Crippen molar-refractivity contribution in [3.8, 4) is 0 Å². The van der Waals surface area contributed by atoms with Gasteiger partial charge in [-0.25, -0.2) is 12.8 Å². The molecule has 0 fully saturated rings. The minimum Gasteiger partial charge on any atom is -0.357 e. The molecule has 0 aliphatic rings. The lowest BCUT2D eigenvalue weighted by Crippen LogP contribution is -2.49. The highest BCUT2D eigenvalue weighted by molar-refractivity contribution is 7.92. The number of rotatable bonds is 12. The number of hydrogen-bond donors (Lipinski definition) is 1. The molecule has 0 saturated carbocycles. The minimum atomic E-state index is -3.59. The van der Waals surface area contributed by atoms with E-state index < -0.39 is 21.9 Å². The number of halogens is 1. The normalized spacial score (nSPS) is 12.0. The van der Waals surface area contributed by atoms with Gasteiger partial charge >= 0.3 is 0 Å². The van der Waals surface area contributed by atoms with Crippen molar-refractivity contribution in [3.63, 3.8) is 0 Å². The third-order valence-corrected chi connectivity index (χ3v) is 7.75. The molecule has 1 atom stereocenters. The third-order valence-electron chi connectivity index (χ3n) is 6.57. The summed E-state index contributed by atoms with van der Waals surface area (Å²) in [7, 11) is -2.07. The predicted molar refractivity (Wildman–Crippen MR) is 152 cm³/mol. The van der Waals surface area contributed by atoms with Crippen LogP contribution < -0.4 is 9.62 Å². The van der Waals surface area contributed by atoms with Crippen molar-refractivity contribution in [2.24, 2.45) is 0 Å². The van der Waals surface area contributed by atoms with E-state index in [2.05, 4.69) is 5.32 Å². The lowest BCUT2D eigenvalue weighted by Gasteiger charge is -2.31. The monoisotopic (exact) mass is 553 g/mol. The molecular formula is C30H36FN3O4S. The first-order valence-corrected chi connectivity index (χ1v) is 14.7. The van der Waals surface area contributed by atoms with Gasteiger partial charge in [0.05, 0.1) is 11.9 Å². The van der Waals surface area contributed by atoms with Crippen molar-refractivity contribution in [2.75, 3.05) is 24.2 Å². The van der Waals surface area contributed by atoms with Crippen LogP contribution in [0, 0.1) is 19.7 Å². The van der Waals surface area contributed by atoms with Crippen LogP contribution in [-0.2, 0) is 32.6 Å². The molecule has 7 nitrogen and oxygen atoms in total. The number of amides is 2. The molecule has 0 aromatic heterocycles. The van der Waals surface area contributed by atoms with Gasteiger partial charge < -0.3 is 10.2 Å². The van der Waals surface area contributed by atoms with Crippen LogP contribution in [0.2, 0.25) is 0 Å². The zero-order valence-electron chi connectivity index (χ0n) is 22.9. The van der Waals surface area contributed by atoms with Crippen LogP contribution in [0.5, 0.6) is 0 Å². The van der Waals surface area contributed by atoms with E-state index in [1.165, 1.54) is 28.4 Å². The Kier molecular flexibility index (Phi) is 10.2. The van der Waals surface area contributed by atoms with Crippen LogP contribution >= 0.6 is 0 Å². The number of nitrogens with zero attached hydrogens (tertiary/aromatic N) is 2. The van der Waals surface area contributed by atoms with Crippen molar-refractivity contribution in [1.82, 2.24) is 10.2 Å². The van der Waals surface area contributed by atoms with Crippen molar-refractivity contribution in [2.45, 2.75) is 45.7 Å². The van der Waals surface area contributed by atoms with Gasteiger partial charge in [0.15, 0.2) is 0 Å². The van der Waals surface area contributed by atoms with E-state index >= 15 is 0 Å². The molecule has 208 valence electrons. The molecule has 3 aromatic carbocycles. The number of benzene rings is 3. The van der Waals surface area contributed by atoms with Gasteiger partial charge in [0.1, 0.15) is 11.9 Å². The average molecular weight is 554 g/mol. The number of carbonyl (C=O) groups excluding carboxylic acids is 2. The van der Waals surface area contributed by atoms with E-state index in [0.717, 1.165) is 22.9 Å². The average Bonchev–Trinajstić information content (AvgIpc) is 2.90. The fourth-order valence-electron chi connectivity index (χ4n) is 4.48. The van der Waals surface area contributed by atoms with Crippen LogP contribution in [0.3, 0.4) is 0 Å². The van der Waals surface area contributed by atoms with Crippen molar-refractivity contribution in [1.29, 1.82) is 0 Å². The van der Waals surface area contributed by atoms with Gasteiger partial charge in [-0.2, -0.15) is 0 Å². The van der Waals surface area contributed by atoms with Gasteiger partial charge in [0.2, 0.25) is 21.8 Å². The lowest BCUT2D eigenvalue weighted by molar-refractivity contribution is -0.141. The second-order valence-electron chi connectivity index (χ2n) is 9.70. The Labute approximate surface area is 230 Å². The number of anilines is 1. The summed E-state index contributed by atoms with van der Waals surface area (Å²) in [4.78, 5) is 28.2. The number of sulfonamides is 1. The van der Waals surface area contributed by atoms with E-state index in [0.29, 0.717) is 17.7 Å². The molecule has 0 aliphatic carbocycles. The maximum atomic E-state index is 13.7. The van der Waals surface area contributed by atoms with Crippen LogP contribution in [-0.4, -0.2) is 51.0 Å². The van der Waals surface area contributed by atoms with Crippen molar-refractivity contribution >= 4 is 27.5 Å². The molecule has 1 N–H and O–H groups in total.